The van der Waals surface area contributed by atoms with Crippen LogP contribution in [0, 0.1) is 5.92 Å². The first kappa shape index (κ1) is 15.5. The van der Waals surface area contributed by atoms with E-state index in [0.717, 1.165) is 43.5 Å². The molecule has 22 heavy (non-hydrogen) atoms. The van der Waals surface area contributed by atoms with Crippen molar-refractivity contribution in [1.29, 1.82) is 0 Å². The Labute approximate surface area is 138 Å². The second-order valence-corrected chi connectivity index (χ2v) is 6.91. The SMILES string of the molecule is NC(=O)C1CCN(C2CN(C(=O)c3ccccc3Br)C2)CC1. The minimum absolute atomic E-state index is 0.0225. The minimum atomic E-state index is -0.181. The normalized spacial score (nSPS) is 20.7. The zero-order chi connectivity index (χ0) is 15.7. The number of rotatable bonds is 3. The molecule has 0 aliphatic carbocycles. The van der Waals surface area contributed by atoms with E-state index in [1.54, 1.807) is 0 Å². The molecular weight excluding hydrogens is 346 g/mol. The molecule has 2 aliphatic heterocycles. The fourth-order valence-corrected chi connectivity index (χ4v) is 3.66. The number of nitrogens with zero attached hydrogens (tertiary/aromatic N) is 2. The molecule has 3 rings (SSSR count). The van der Waals surface area contributed by atoms with Gasteiger partial charge in [0.25, 0.3) is 5.91 Å². The van der Waals surface area contributed by atoms with Gasteiger partial charge in [-0.05, 0) is 54.0 Å². The first-order valence-corrected chi connectivity index (χ1v) is 8.42. The van der Waals surface area contributed by atoms with Gasteiger partial charge in [-0.15, -0.1) is 0 Å². The molecule has 2 N–H and O–H groups in total. The van der Waals surface area contributed by atoms with E-state index in [9.17, 15) is 9.59 Å². The average Bonchev–Trinajstić information content (AvgIpc) is 2.46. The Bertz CT molecular complexity index is 579. The van der Waals surface area contributed by atoms with Gasteiger partial charge in [-0.1, -0.05) is 12.1 Å². The van der Waals surface area contributed by atoms with Crippen LogP contribution < -0.4 is 5.73 Å². The molecule has 0 spiro atoms. The first-order chi connectivity index (χ1) is 10.6. The molecule has 5 nitrogen and oxygen atoms in total. The quantitative estimate of drug-likeness (QED) is 0.881. The summed E-state index contributed by atoms with van der Waals surface area (Å²) >= 11 is 3.43. The number of benzene rings is 1. The van der Waals surface area contributed by atoms with Crippen molar-refractivity contribution in [1.82, 2.24) is 9.80 Å². The molecule has 0 atom stereocenters. The van der Waals surface area contributed by atoms with E-state index in [1.807, 2.05) is 29.2 Å². The third-order valence-electron chi connectivity index (χ3n) is 4.70. The number of nitrogens with two attached hydrogens (primary N) is 1. The molecule has 118 valence electrons. The summed E-state index contributed by atoms with van der Waals surface area (Å²) in [5.41, 5.74) is 6.08. The van der Waals surface area contributed by atoms with E-state index < -0.39 is 0 Å². The molecule has 0 unspecified atom stereocenters. The van der Waals surface area contributed by atoms with Gasteiger partial charge in [-0.2, -0.15) is 0 Å². The van der Waals surface area contributed by atoms with Crippen LogP contribution in [0.2, 0.25) is 0 Å². The molecule has 0 saturated carbocycles. The highest BCUT2D eigenvalue weighted by Crippen LogP contribution is 2.26. The van der Waals surface area contributed by atoms with Gasteiger partial charge < -0.3 is 10.6 Å². The van der Waals surface area contributed by atoms with Crippen molar-refractivity contribution in [2.75, 3.05) is 26.2 Å². The Morgan fingerprint density at radius 3 is 2.36 bits per heavy atom. The lowest BCUT2D eigenvalue weighted by atomic mass is 9.93. The van der Waals surface area contributed by atoms with Crippen LogP contribution in [0.1, 0.15) is 23.2 Å². The minimum Gasteiger partial charge on any atom is -0.369 e. The van der Waals surface area contributed by atoms with Crippen molar-refractivity contribution in [3.63, 3.8) is 0 Å². The third-order valence-corrected chi connectivity index (χ3v) is 5.39. The Balaban J connectivity index is 1.51. The zero-order valence-electron chi connectivity index (χ0n) is 12.4. The molecule has 2 amide bonds. The number of primary amides is 1. The maximum absolute atomic E-state index is 12.4. The molecule has 0 aromatic heterocycles. The fourth-order valence-electron chi connectivity index (χ4n) is 3.21. The number of likely N-dealkylation sites (tertiary alicyclic amines) is 2. The van der Waals surface area contributed by atoms with Gasteiger partial charge in [0, 0.05) is 29.5 Å². The predicted octanol–water partition coefficient (Wildman–Crippen LogP) is 1.47. The van der Waals surface area contributed by atoms with Gasteiger partial charge in [0.1, 0.15) is 0 Å². The lowest BCUT2D eigenvalue weighted by Gasteiger charge is -2.47. The second-order valence-electron chi connectivity index (χ2n) is 6.06. The van der Waals surface area contributed by atoms with Crippen LogP contribution >= 0.6 is 15.9 Å². The summed E-state index contributed by atoms with van der Waals surface area (Å²) in [6, 6.07) is 7.93. The number of piperidine rings is 1. The van der Waals surface area contributed by atoms with E-state index in [0.29, 0.717) is 11.6 Å². The van der Waals surface area contributed by atoms with E-state index in [4.69, 9.17) is 5.73 Å². The van der Waals surface area contributed by atoms with Crippen molar-refractivity contribution in [3.8, 4) is 0 Å². The molecular formula is C16H20BrN3O2. The zero-order valence-corrected chi connectivity index (χ0v) is 14.0. The second kappa shape index (κ2) is 6.38. The van der Waals surface area contributed by atoms with Gasteiger partial charge in [-0.3, -0.25) is 14.5 Å². The highest BCUT2D eigenvalue weighted by molar-refractivity contribution is 9.10. The Morgan fingerprint density at radius 2 is 1.77 bits per heavy atom. The van der Waals surface area contributed by atoms with Crippen molar-refractivity contribution < 1.29 is 9.59 Å². The maximum Gasteiger partial charge on any atom is 0.255 e. The smallest absolute Gasteiger partial charge is 0.255 e. The van der Waals surface area contributed by atoms with Gasteiger partial charge in [0.05, 0.1) is 5.56 Å². The average molecular weight is 366 g/mol. The van der Waals surface area contributed by atoms with E-state index in [1.165, 1.54) is 0 Å². The molecule has 1 aromatic carbocycles. The number of hydrogen-bond acceptors (Lipinski definition) is 3. The number of hydrogen-bond donors (Lipinski definition) is 1. The Kier molecular flexibility index (Phi) is 4.49. The van der Waals surface area contributed by atoms with Crippen LogP contribution in [-0.4, -0.2) is 53.8 Å². The highest BCUT2D eigenvalue weighted by Gasteiger charge is 2.37. The molecule has 0 bridgehead atoms. The van der Waals surface area contributed by atoms with Crippen molar-refractivity contribution in [3.05, 3.63) is 34.3 Å². The van der Waals surface area contributed by atoms with Crippen LogP contribution in [0.3, 0.4) is 0 Å². The van der Waals surface area contributed by atoms with Crippen LogP contribution in [0.5, 0.6) is 0 Å². The van der Waals surface area contributed by atoms with Gasteiger partial charge >= 0.3 is 0 Å². The first-order valence-electron chi connectivity index (χ1n) is 7.63. The maximum atomic E-state index is 12.4. The lowest BCUT2D eigenvalue weighted by molar-refractivity contribution is -0.123. The van der Waals surface area contributed by atoms with Crippen LogP contribution in [0.25, 0.3) is 0 Å². The molecule has 2 heterocycles. The Hall–Kier alpha value is -1.40. The van der Waals surface area contributed by atoms with Gasteiger partial charge in [0.2, 0.25) is 5.91 Å². The summed E-state index contributed by atoms with van der Waals surface area (Å²) in [6.45, 7) is 3.33. The number of carbonyl (C=O) groups excluding carboxylic acids is 2. The predicted molar refractivity (Wildman–Crippen MR) is 87.3 cm³/mol. The molecule has 1 aromatic rings. The number of halogens is 1. The van der Waals surface area contributed by atoms with Crippen molar-refractivity contribution in [2.45, 2.75) is 18.9 Å². The summed E-state index contributed by atoms with van der Waals surface area (Å²) in [5, 5.41) is 0. The molecule has 2 saturated heterocycles. The van der Waals surface area contributed by atoms with E-state index >= 15 is 0 Å². The van der Waals surface area contributed by atoms with E-state index in [-0.39, 0.29) is 17.7 Å². The number of carbonyl (C=O) groups is 2. The summed E-state index contributed by atoms with van der Waals surface area (Å²) in [6.07, 6.45) is 1.67. The van der Waals surface area contributed by atoms with Crippen LogP contribution in [0.4, 0.5) is 0 Å². The summed E-state index contributed by atoms with van der Waals surface area (Å²) in [4.78, 5) is 27.9. The molecule has 6 heteroatoms. The molecule has 0 radical (unpaired) electrons. The number of amides is 2. The summed E-state index contributed by atoms with van der Waals surface area (Å²) < 4.78 is 0.839. The molecule has 2 fully saturated rings. The highest BCUT2D eigenvalue weighted by atomic mass is 79.9. The standard InChI is InChI=1S/C16H20BrN3O2/c17-14-4-2-1-3-13(14)16(22)20-9-12(10-20)19-7-5-11(6-8-19)15(18)21/h1-4,11-12H,5-10H2,(H2,18,21). The van der Waals surface area contributed by atoms with E-state index in [2.05, 4.69) is 20.8 Å². The van der Waals surface area contributed by atoms with Gasteiger partial charge in [0.15, 0.2) is 0 Å². The summed E-state index contributed by atoms with van der Waals surface area (Å²) in [7, 11) is 0. The van der Waals surface area contributed by atoms with Crippen LogP contribution in [0.15, 0.2) is 28.7 Å². The molecule has 2 aliphatic rings. The third kappa shape index (κ3) is 3.03. The lowest BCUT2D eigenvalue weighted by Crippen LogP contribution is -2.62. The van der Waals surface area contributed by atoms with Crippen LogP contribution in [-0.2, 0) is 4.79 Å². The fraction of sp³-hybridized carbons (Fsp3) is 0.500. The summed E-state index contributed by atoms with van der Waals surface area (Å²) in [5.74, 6) is -0.0796. The monoisotopic (exact) mass is 365 g/mol. The largest absolute Gasteiger partial charge is 0.369 e. The van der Waals surface area contributed by atoms with Crippen molar-refractivity contribution >= 4 is 27.7 Å². The van der Waals surface area contributed by atoms with Crippen molar-refractivity contribution in [2.24, 2.45) is 11.7 Å². The Morgan fingerprint density at radius 1 is 1.14 bits per heavy atom. The van der Waals surface area contributed by atoms with Gasteiger partial charge in [-0.25, -0.2) is 0 Å². The topological polar surface area (TPSA) is 66.6 Å².